The Morgan fingerprint density at radius 2 is 1.57 bits per heavy atom. The van der Waals surface area contributed by atoms with Gasteiger partial charge >= 0.3 is 0 Å². The molecule has 0 saturated carbocycles. The van der Waals surface area contributed by atoms with Crippen molar-refractivity contribution < 1.29 is 0 Å². The molecule has 0 saturated heterocycles. The molecule has 0 aliphatic carbocycles. The van der Waals surface area contributed by atoms with Gasteiger partial charge in [-0.15, -0.1) is 0 Å². The number of aromatic nitrogens is 3. The van der Waals surface area contributed by atoms with E-state index in [0.29, 0.717) is 11.9 Å². The van der Waals surface area contributed by atoms with Crippen molar-refractivity contribution in [3.63, 3.8) is 0 Å². The van der Waals surface area contributed by atoms with Gasteiger partial charge in [-0.25, -0.2) is 0 Å². The van der Waals surface area contributed by atoms with Gasteiger partial charge in [0, 0.05) is 19.6 Å². The summed E-state index contributed by atoms with van der Waals surface area (Å²) < 4.78 is 0. The van der Waals surface area contributed by atoms with Gasteiger partial charge in [0.2, 0.25) is 17.8 Å². The summed E-state index contributed by atoms with van der Waals surface area (Å²) in [5.41, 5.74) is 5.84. The molecule has 1 aromatic heterocycles. The van der Waals surface area contributed by atoms with E-state index in [-0.39, 0.29) is 5.95 Å². The van der Waals surface area contributed by atoms with E-state index in [1.165, 1.54) is 38.5 Å². The molecule has 1 heterocycles. The highest BCUT2D eigenvalue weighted by Gasteiger charge is 2.10. The summed E-state index contributed by atoms with van der Waals surface area (Å²) in [6.07, 6.45) is 9.95. The SMILES string of the molecule is CCCCCCCCN(CC)c1nc(N)nc(NCCCC)n1. The average molecular weight is 323 g/mol. The van der Waals surface area contributed by atoms with Crippen molar-refractivity contribution in [1.29, 1.82) is 0 Å². The largest absolute Gasteiger partial charge is 0.368 e. The number of hydrogen-bond donors (Lipinski definition) is 2. The van der Waals surface area contributed by atoms with Gasteiger partial charge < -0.3 is 16.0 Å². The highest BCUT2D eigenvalue weighted by molar-refractivity contribution is 5.41. The molecule has 1 rings (SSSR count). The summed E-state index contributed by atoms with van der Waals surface area (Å²) in [6.45, 7) is 9.25. The maximum absolute atomic E-state index is 5.84. The Morgan fingerprint density at radius 3 is 2.26 bits per heavy atom. The normalized spacial score (nSPS) is 10.7. The first-order valence-corrected chi connectivity index (χ1v) is 9.21. The van der Waals surface area contributed by atoms with Crippen molar-refractivity contribution in [1.82, 2.24) is 15.0 Å². The van der Waals surface area contributed by atoms with Gasteiger partial charge in [-0.1, -0.05) is 52.4 Å². The minimum atomic E-state index is 0.287. The van der Waals surface area contributed by atoms with Gasteiger partial charge in [-0.2, -0.15) is 15.0 Å². The standard InChI is InChI=1S/C17H34N6/c1-4-7-9-10-11-12-14-23(6-3)17-21-15(18)20-16(22-17)19-13-8-5-2/h4-14H2,1-3H3,(H3,18,19,20,21,22). The molecule has 6 nitrogen and oxygen atoms in total. The molecule has 0 radical (unpaired) electrons. The van der Waals surface area contributed by atoms with Crippen LogP contribution in [0.4, 0.5) is 17.8 Å². The van der Waals surface area contributed by atoms with Crippen LogP contribution in [0.3, 0.4) is 0 Å². The number of hydrogen-bond acceptors (Lipinski definition) is 6. The molecule has 0 aliphatic rings. The van der Waals surface area contributed by atoms with E-state index in [1.54, 1.807) is 0 Å². The molecular formula is C17H34N6. The van der Waals surface area contributed by atoms with E-state index in [4.69, 9.17) is 5.73 Å². The van der Waals surface area contributed by atoms with E-state index in [9.17, 15) is 0 Å². The Morgan fingerprint density at radius 1 is 0.870 bits per heavy atom. The number of unbranched alkanes of at least 4 members (excludes halogenated alkanes) is 6. The monoisotopic (exact) mass is 322 g/mol. The lowest BCUT2D eigenvalue weighted by Crippen LogP contribution is -2.27. The third kappa shape index (κ3) is 8.00. The molecule has 23 heavy (non-hydrogen) atoms. The predicted octanol–water partition coefficient (Wildman–Crippen LogP) is 3.85. The zero-order valence-electron chi connectivity index (χ0n) is 15.1. The fourth-order valence-electron chi connectivity index (χ4n) is 2.46. The smallest absolute Gasteiger partial charge is 0.231 e. The van der Waals surface area contributed by atoms with Crippen molar-refractivity contribution in [2.75, 3.05) is 35.6 Å². The average Bonchev–Trinajstić information content (AvgIpc) is 2.54. The van der Waals surface area contributed by atoms with Gasteiger partial charge in [0.1, 0.15) is 0 Å². The van der Waals surface area contributed by atoms with Gasteiger partial charge in [0.25, 0.3) is 0 Å². The number of rotatable bonds is 13. The van der Waals surface area contributed by atoms with Crippen molar-refractivity contribution >= 4 is 17.8 Å². The fraction of sp³-hybridized carbons (Fsp3) is 0.824. The second kappa shape index (κ2) is 11.9. The van der Waals surface area contributed by atoms with Gasteiger partial charge in [-0.05, 0) is 19.8 Å². The van der Waals surface area contributed by atoms with Crippen LogP contribution in [0, 0.1) is 0 Å². The Kier molecular flexibility index (Phi) is 10.1. The van der Waals surface area contributed by atoms with E-state index in [2.05, 4.69) is 45.9 Å². The molecule has 0 aromatic carbocycles. The third-order valence-corrected chi connectivity index (χ3v) is 3.90. The molecule has 132 valence electrons. The van der Waals surface area contributed by atoms with E-state index in [0.717, 1.165) is 32.5 Å². The van der Waals surface area contributed by atoms with E-state index < -0.39 is 0 Å². The Balaban J connectivity index is 2.51. The van der Waals surface area contributed by atoms with Crippen LogP contribution < -0.4 is 16.0 Å². The van der Waals surface area contributed by atoms with Crippen LogP contribution in [0.5, 0.6) is 0 Å². The molecule has 0 aliphatic heterocycles. The number of nitrogen functional groups attached to an aromatic ring is 1. The lowest BCUT2D eigenvalue weighted by Gasteiger charge is -2.21. The summed E-state index contributed by atoms with van der Waals surface area (Å²) in [7, 11) is 0. The van der Waals surface area contributed by atoms with Crippen LogP contribution in [0.1, 0.15) is 72.1 Å². The minimum absolute atomic E-state index is 0.287. The van der Waals surface area contributed by atoms with Crippen molar-refractivity contribution in [2.24, 2.45) is 0 Å². The number of nitrogens with two attached hydrogens (primary N) is 1. The minimum Gasteiger partial charge on any atom is -0.368 e. The molecule has 0 atom stereocenters. The summed E-state index contributed by atoms with van der Waals surface area (Å²) in [6, 6.07) is 0. The zero-order chi connectivity index (χ0) is 16.9. The van der Waals surface area contributed by atoms with Crippen molar-refractivity contribution in [3.05, 3.63) is 0 Å². The Labute approximate surface area is 141 Å². The number of nitrogens with one attached hydrogen (secondary N) is 1. The first kappa shape index (κ1) is 19.5. The lowest BCUT2D eigenvalue weighted by atomic mass is 10.1. The lowest BCUT2D eigenvalue weighted by molar-refractivity contribution is 0.597. The topological polar surface area (TPSA) is 80.0 Å². The van der Waals surface area contributed by atoms with Gasteiger partial charge in [0.05, 0.1) is 0 Å². The molecule has 0 amide bonds. The second-order valence-electron chi connectivity index (χ2n) is 5.94. The summed E-state index contributed by atoms with van der Waals surface area (Å²) in [5, 5.41) is 3.23. The Hall–Kier alpha value is -1.59. The number of anilines is 3. The van der Waals surface area contributed by atoms with E-state index in [1.807, 2.05) is 0 Å². The molecule has 0 bridgehead atoms. The summed E-state index contributed by atoms with van der Waals surface area (Å²) in [5.74, 6) is 1.56. The van der Waals surface area contributed by atoms with E-state index >= 15 is 0 Å². The van der Waals surface area contributed by atoms with Crippen LogP contribution in [0.25, 0.3) is 0 Å². The molecule has 6 heteroatoms. The number of nitrogens with zero attached hydrogens (tertiary/aromatic N) is 4. The van der Waals surface area contributed by atoms with Crippen LogP contribution in [0.15, 0.2) is 0 Å². The van der Waals surface area contributed by atoms with Gasteiger partial charge in [0.15, 0.2) is 0 Å². The van der Waals surface area contributed by atoms with Crippen LogP contribution in [-0.4, -0.2) is 34.6 Å². The first-order valence-electron chi connectivity index (χ1n) is 9.21. The molecular weight excluding hydrogens is 288 g/mol. The molecule has 3 N–H and O–H groups in total. The summed E-state index contributed by atoms with van der Waals surface area (Å²) >= 11 is 0. The summed E-state index contributed by atoms with van der Waals surface area (Å²) in [4.78, 5) is 15.2. The highest BCUT2D eigenvalue weighted by atomic mass is 15.3. The van der Waals surface area contributed by atoms with Crippen molar-refractivity contribution in [2.45, 2.75) is 72.1 Å². The Bertz CT molecular complexity index is 424. The second-order valence-corrected chi connectivity index (χ2v) is 5.94. The van der Waals surface area contributed by atoms with Gasteiger partial charge in [-0.3, -0.25) is 0 Å². The van der Waals surface area contributed by atoms with Crippen LogP contribution in [0.2, 0.25) is 0 Å². The van der Waals surface area contributed by atoms with Crippen LogP contribution in [-0.2, 0) is 0 Å². The quantitative estimate of drug-likeness (QED) is 0.537. The van der Waals surface area contributed by atoms with Crippen LogP contribution >= 0.6 is 0 Å². The molecule has 1 aromatic rings. The first-order chi connectivity index (χ1) is 11.2. The zero-order valence-corrected chi connectivity index (χ0v) is 15.1. The fourth-order valence-corrected chi connectivity index (χ4v) is 2.46. The molecule has 0 unspecified atom stereocenters. The van der Waals surface area contributed by atoms with Crippen molar-refractivity contribution in [3.8, 4) is 0 Å². The molecule has 0 spiro atoms. The predicted molar refractivity (Wildman–Crippen MR) is 98.9 cm³/mol. The third-order valence-electron chi connectivity index (χ3n) is 3.90. The maximum Gasteiger partial charge on any atom is 0.231 e. The highest BCUT2D eigenvalue weighted by Crippen LogP contribution is 2.14. The maximum atomic E-state index is 5.84. The molecule has 0 fully saturated rings.